The summed E-state index contributed by atoms with van der Waals surface area (Å²) in [5.41, 5.74) is 1.93. The number of hydrogen-bond donors (Lipinski definition) is 1. The Balaban J connectivity index is 1.67. The molecule has 0 saturated carbocycles. The summed E-state index contributed by atoms with van der Waals surface area (Å²) in [6, 6.07) is 7.63. The molecule has 0 radical (unpaired) electrons. The number of alkyl halides is 3. The zero-order chi connectivity index (χ0) is 19.0. The number of benzene rings is 1. The van der Waals surface area contributed by atoms with Crippen LogP contribution >= 0.6 is 0 Å². The standard InChI is InChI=1S/C18H26F3N3O2/c1-2-15-6-3-4-7-16(15)22-17(25)24-11-9-23(10-12-24)8-5-13-26-14-18(19,20)21/h3-4,6-7H,2,5,8-14H2,1H3,(H,22,25). The number of carbonyl (C=O) groups excluding carboxylic acids is 1. The number of hydrogen-bond acceptors (Lipinski definition) is 3. The molecule has 0 aliphatic carbocycles. The molecule has 2 amide bonds. The summed E-state index contributed by atoms with van der Waals surface area (Å²) in [5.74, 6) is 0. The summed E-state index contributed by atoms with van der Waals surface area (Å²) in [5, 5.41) is 2.96. The highest BCUT2D eigenvalue weighted by Gasteiger charge is 2.27. The van der Waals surface area contributed by atoms with Gasteiger partial charge < -0.3 is 15.0 Å². The Morgan fingerprint density at radius 3 is 2.54 bits per heavy atom. The zero-order valence-corrected chi connectivity index (χ0v) is 15.0. The summed E-state index contributed by atoms with van der Waals surface area (Å²) in [6.45, 7) is 4.24. The van der Waals surface area contributed by atoms with E-state index in [2.05, 4.69) is 15.0 Å². The molecular weight excluding hydrogens is 347 g/mol. The molecule has 1 aliphatic heterocycles. The summed E-state index contributed by atoms with van der Waals surface area (Å²) in [7, 11) is 0. The minimum atomic E-state index is -4.27. The van der Waals surface area contributed by atoms with Gasteiger partial charge in [-0.15, -0.1) is 0 Å². The third-order valence-electron chi connectivity index (χ3n) is 4.33. The van der Waals surface area contributed by atoms with Gasteiger partial charge in [-0.2, -0.15) is 13.2 Å². The van der Waals surface area contributed by atoms with Gasteiger partial charge in [0.2, 0.25) is 0 Å². The number of para-hydroxylation sites is 1. The Morgan fingerprint density at radius 1 is 1.19 bits per heavy atom. The number of piperazine rings is 1. The van der Waals surface area contributed by atoms with Crippen LogP contribution in [0.3, 0.4) is 0 Å². The van der Waals surface area contributed by atoms with Crippen LogP contribution in [0.15, 0.2) is 24.3 Å². The molecule has 1 fully saturated rings. The van der Waals surface area contributed by atoms with Gasteiger partial charge in [0.1, 0.15) is 6.61 Å². The maximum absolute atomic E-state index is 12.4. The van der Waals surface area contributed by atoms with Gasteiger partial charge in [-0.3, -0.25) is 4.90 Å². The number of anilines is 1. The summed E-state index contributed by atoms with van der Waals surface area (Å²) < 4.78 is 40.6. The fourth-order valence-corrected chi connectivity index (χ4v) is 2.90. The molecule has 5 nitrogen and oxygen atoms in total. The molecule has 26 heavy (non-hydrogen) atoms. The van der Waals surface area contributed by atoms with Crippen LogP contribution in [-0.4, -0.2) is 67.9 Å². The highest BCUT2D eigenvalue weighted by Crippen LogP contribution is 2.17. The van der Waals surface area contributed by atoms with E-state index in [1.807, 2.05) is 31.2 Å². The first-order chi connectivity index (χ1) is 12.4. The van der Waals surface area contributed by atoms with Gasteiger partial charge in [0.25, 0.3) is 0 Å². The molecule has 8 heteroatoms. The number of rotatable bonds is 7. The topological polar surface area (TPSA) is 44.8 Å². The van der Waals surface area contributed by atoms with E-state index in [1.54, 1.807) is 4.90 Å². The normalized spacial score (nSPS) is 15.9. The maximum Gasteiger partial charge on any atom is 0.411 e. The van der Waals surface area contributed by atoms with Crippen LogP contribution in [0.2, 0.25) is 0 Å². The summed E-state index contributed by atoms with van der Waals surface area (Å²) >= 11 is 0. The van der Waals surface area contributed by atoms with Gasteiger partial charge in [-0.25, -0.2) is 4.79 Å². The summed E-state index contributed by atoms with van der Waals surface area (Å²) in [6.07, 6.45) is -2.87. The number of carbonyl (C=O) groups is 1. The third-order valence-corrected chi connectivity index (χ3v) is 4.33. The molecule has 0 bridgehead atoms. The molecule has 1 N–H and O–H groups in total. The van der Waals surface area contributed by atoms with Crippen molar-refractivity contribution >= 4 is 11.7 Å². The zero-order valence-electron chi connectivity index (χ0n) is 15.0. The average molecular weight is 373 g/mol. The van der Waals surface area contributed by atoms with Crippen molar-refractivity contribution in [3.63, 3.8) is 0 Å². The van der Waals surface area contributed by atoms with E-state index in [-0.39, 0.29) is 12.6 Å². The van der Waals surface area contributed by atoms with Crippen LogP contribution in [0, 0.1) is 0 Å². The average Bonchev–Trinajstić information content (AvgIpc) is 2.61. The van der Waals surface area contributed by atoms with Gasteiger partial charge in [0.15, 0.2) is 0 Å². The maximum atomic E-state index is 12.4. The van der Waals surface area contributed by atoms with E-state index in [9.17, 15) is 18.0 Å². The lowest BCUT2D eigenvalue weighted by molar-refractivity contribution is -0.174. The Bertz CT molecular complexity index is 573. The molecule has 1 heterocycles. The minimum absolute atomic E-state index is 0.0913. The van der Waals surface area contributed by atoms with Crippen LogP contribution in [0.25, 0.3) is 0 Å². The minimum Gasteiger partial charge on any atom is -0.372 e. The molecule has 1 saturated heterocycles. The Hall–Kier alpha value is -1.80. The van der Waals surface area contributed by atoms with Crippen LogP contribution < -0.4 is 5.32 Å². The Morgan fingerprint density at radius 2 is 1.88 bits per heavy atom. The van der Waals surface area contributed by atoms with Crippen molar-refractivity contribution in [3.05, 3.63) is 29.8 Å². The molecule has 1 aromatic rings. The molecule has 146 valence electrons. The predicted molar refractivity (Wildman–Crippen MR) is 94.3 cm³/mol. The van der Waals surface area contributed by atoms with E-state index in [1.165, 1.54) is 0 Å². The lowest BCUT2D eigenvalue weighted by Crippen LogP contribution is -2.50. The van der Waals surface area contributed by atoms with Crippen LogP contribution in [0.5, 0.6) is 0 Å². The van der Waals surface area contributed by atoms with Gasteiger partial charge in [0, 0.05) is 45.0 Å². The number of urea groups is 1. The monoisotopic (exact) mass is 373 g/mol. The van der Waals surface area contributed by atoms with Crippen molar-refractivity contribution in [2.75, 3.05) is 51.3 Å². The fraction of sp³-hybridized carbons (Fsp3) is 0.611. The second kappa shape index (κ2) is 9.78. The number of aryl methyl sites for hydroxylation is 1. The molecule has 0 spiro atoms. The first kappa shape index (κ1) is 20.5. The smallest absolute Gasteiger partial charge is 0.372 e. The van der Waals surface area contributed by atoms with Crippen molar-refractivity contribution in [2.24, 2.45) is 0 Å². The molecule has 1 aliphatic rings. The summed E-state index contributed by atoms with van der Waals surface area (Å²) in [4.78, 5) is 16.3. The first-order valence-electron chi connectivity index (χ1n) is 8.89. The van der Waals surface area contributed by atoms with E-state index in [4.69, 9.17) is 0 Å². The molecule has 0 aromatic heterocycles. The van der Waals surface area contributed by atoms with Gasteiger partial charge >= 0.3 is 12.2 Å². The van der Waals surface area contributed by atoms with Gasteiger partial charge in [0.05, 0.1) is 0 Å². The van der Waals surface area contributed by atoms with Crippen LogP contribution in [0.4, 0.5) is 23.7 Å². The second-order valence-electron chi connectivity index (χ2n) is 6.29. The molecular formula is C18H26F3N3O2. The lowest BCUT2D eigenvalue weighted by Gasteiger charge is -2.34. The quantitative estimate of drug-likeness (QED) is 0.746. The van der Waals surface area contributed by atoms with Crippen molar-refractivity contribution < 1.29 is 22.7 Å². The Labute approximate surface area is 152 Å². The molecule has 2 rings (SSSR count). The van der Waals surface area contributed by atoms with Crippen molar-refractivity contribution in [1.29, 1.82) is 0 Å². The van der Waals surface area contributed by atoms with Crippen LogP contribution in [0.1, 0.15) is 18.9 Å². The Kier molecular flexibility index (Phi) is 7.71. The highest BCUT2D eigenvalue weighted by molar-refractivity contribution is 5.90. The van der Waals surface area contributed by atoms with Crippen molar-refractivity contribution in [3.8, 4) is 0 Å². The number of halogens is 3. The first-order valence-corrected chi connectivity index (χ1v) is 8.89. The second-order valence-corrected chi connectivity index (χ2v) is 6.29. The van der Waals surface area contributed by atoms with Crippen molar-refractivity contribution in [2.45, 2.75) is 25.9 Å². The number of amides is 2. The highest BCUT2D eigenvalue weighted by atomic mass is 19.4. The lowest BCUT2D eigenvalue weighted by atomic mass is 10.1. The van der Waals surface area contributed by atoms with E-state index >= 15 is 0 Å². The van der Waals surface area contributed by atoms with E-state index < -0.39 is 12.8 Å². The molecule has 1 aromatic carbocycles. The number of nitrogens with one attached hydrogen (secondary N) is 1. The molecule has 0 atom stereocenters. The van der Waals surface area contributed by atoms with E-state index in [0.29, 0.717) is 39.1 Å². The van der Waals surface area contributed by atoms with Crippen molar-refractivity contribution in [1.82, 2.24) is 9.80 Å². The number of ether oxygens (including phenoxy) is 1. The predicted octanol–water partition coefficient (Wildman–Crippen LogP) is 3.37. The third kappa shape index (κ3) is 6.84. The van der Waals surface area contributed by atoms with E-state index in [0.717, 1.165) is 17.7 Å². The van der Waals surface area contributed by atoms with Gasteiger partial charge in [-0.05, 0) is 24.5 Å². The molecule has 0 unspecified atom stereocenters. The van der Waals surface area contributed by atoms with Gasteiger partial charge in [-0.1, -0.05) is 25.1 Å². The largest absolute Gasteiger partial charge is 0.411 e. The SMILES string of the molecule is CCc1ccccc1NC(=O)N1CCN(CCCOCC(F)(F)F)CC1. The fourth-order valence-electron chi connectivity index (χ4n) is 2.90. The van der Waals surface area contributed by atoms with Crippen LogP contribution in [-0.2, 0) is 11.2 Å². The number of nitrogens with zero attached hydrogens (tertiary/aromatic N) is 2.